The van der Waals surface area contributed by atoms with E-state index in [-0.39, 0.29) is 13.0 Å². The molecule has 4 unspecified atom stereocenters. The maximum Gasteiger partial charge on any atom is 0.305 e. The predicted octanol–water partition coefficient (Wildman–Crippen LogP) is 2.08. The lowest BCUT2D eigenvalue weighted by Crippen LogP contribution is -2.60. The number of unbranched alkanes of at least 4 members (excludes halogenated alkanes) is 12. The molecule has 0 aliphatic carbocycles. The Kier molecular flexibility index (Phi) is 17.8. The van der Waals surface area contributed by atoms with Crippen molar-refractivity contribution in [3.63, 3.8) is 0 Å². The molecule has 220 valence electrons. The van der Waals surface area contributed by atoms with Crippen LogP contribution >= 0.6 is 0 Å². The van der Waals surface area contributed by atoms with Gasteiger partial charge in [-0.15, -0.1) is 0 Å². The van der Waals surface area contributed by atoms with E-state index in [9.17, 15) is 33.6 Å². The van der Waals surface area contributed by atoms with Gasteiger partial charge in [0.25, 0.3) is 10.1 Å². The van der Waals surface area contributed by atoms with E-state index in [4.69, 9.17) is 18.8 Å². The maximum absolute atomic E-state index is 11.9. The van der Waals surface area contributed by atoms with E-state index in [1.807, 2.05) is 0 Å². The monoisotopic (exact) mass is 556 g/mol. The van der Waals surface area contributed by atoms with Gasteiger partial charge in [-0.3, -0.25) is 9.35 Å². The molecule has 0 spiro atoms. The number of rotatable bonds is 21. The van der Waals surface area contributed by atoms with Crippen LogP contribution in [0.3, 0.4) is 0 Å². The van der Waals surface area contributed by atoms with Crippen LogP contribution in [0.5, 0.6) is 0 Å². The van der Waals surface area contributed by atoms with Gasteiger partial charge in [0, 0.05) is 6.42 Å². The summed E-state index contributed by atoms with van der Waals surface area (Å²) in [6.45, 7) is 1.43. The lowest BCUT2D eigenvalue weighted by atomic mass is 10.00. The molecule has 37 heavy (non-hydrogen) atoms. The number of aliphatic hydroxyl groups excluding tert-OH is 4. The van der Waals surface area contributed by atoms with Gasteiger partial charge in [0.05, 0.1) is 6.61 Å². The number of hydrogen-bond acceptors (Lipinski definition) is 10. The molecule has 1 aliphatic heterocycles. The van der Waals surface area contributed by atoms with Gasteiger partial charge in [-0.05, 0) is 6.42 Å². The van der Waals surface area contributed by atoms with E-state index in [0.29, 0.717) is 6.42 Å². The Morgan fingerprint density at radius 3 is 1.84 bits per heavy atom. The zero-order valence-electron chi connectivity index (χ0n) is 22.1. The Balaban J connectivity index is 2.10. The highest BCUT2D eigenvalue weighted by molar-refractivity contribution is 7.85. The van der Waals surface area contributed by atoms with E-state index < -0.39 is 65.3 Å². The fourth-order valence-corrected chi connectivity index (χ4v) is 4.89. The Labute approximate surface area is 221 Å². The first-order chi connectivity index (χ1) is 17.5. The minimum absolute atomic E-state index is 0.247. The van der Waals surface area contributed by atoms with Gasteiger partial charge >= 0.3 is 5.97 Å². The summed E-state index contributed by atoms with van der Waals surface area (Å²) in [4.78, 5) is 11.9. The third-order valence-corrected chi connectivity index (χ3v) is 7.17. The number of hydrogen-bond donors (Lipinski definition) is 5. The molecule has 0 aromatic carbocycles. The quantitative estimate of drug-likeness (QED) is 0.0793. The van der Waals surface area contributed by atoms with E-state index in [1.54, 1.807) is 0 Å². The Bertz CT molecular complexity index is 703. The first kappa shape index (κ1) is 34.2. The van der Waals surface area contributed by atoms with Crippen molar-refractivity contribution < 1.29 is 52.4 Å². The van der Waals surface area contributed by atoms with Gasteiger partial charge in [0.1, 0.15) is 42.9 Å². The lowest BCUT2D eigenvalue weighted by Gasteiger charge is -2.40. The molecule has 1 aliphatic rings. The van der Waals surface area contributed by atoms with Crippen LogP contribution in [-0.2, 0) is 29.1 Å². The van der Waals surface area contributed by atoms with Crippen molar-refractivity contribution in [1.82, 2.24) is 0 Å². The first-order valence-electron chi connectivity index (χ1n) is 13.6. The molecule has 0 amide bonds. The van der Waals surface area contributed by atoms with E-state index in [2.05, 4.69) is 6.92 Å². The van der Waals surface area contributed by atoms with Crippen LogP contribution in [0.4, 0.5) is 0 Å². The largest absolute Gasteiger partial charge is 0.463 e. The Hall–Kier alpha value is -0.860. The van der Waals surface area contributed by atoms with E-state index >= 15 is 0 Å². The molecular weight excluding hydrogens is 508 g/mol. The van der Waals surface area contributed by atoms with E-state index in [1.165, 1.54) is 57.8 Å². The molecule has 1 rings (SSSR count). The third-order valence-electron chi connectivity index (χ3n) is 6.42. The summed E-state index contributed by atoms with van der Waals surface area (Å²) in [5, 5.41) is 39.7. The van der Waals surface area contributed by atoms with Gasteiger partial charge in [0.15, 0.2) is 6.29 Å². The zero-order chi connectivity index (χ0) is 27.7. The summed E-state index contributed by atoms with van der Waals surface area (Å²) in [7, 11) is -4.53. The van der Waals surface area contributed by atoms with Crippen molar-refractivity contribution in [3.8, 4) is 0 Å². The summed E-state index contributed by atoms with van der Waals surface area (Å²) in [6, 6.07) is 0. The topological polar surface area (TPSA) is 180 Å². The highest BCUT2D eigenvalue weighted by atomic mass is 32.2. The van der Waals surface area contributed by atoms with Crippen LogP contribution in [0, 0.1) is 0 Å². The van der Waals surface area contributed by atoms with Gasteiger partial charge in [-0.25, -0.2) is 0 Å². The van der Waals surface area contributed by atoms with Crippen LogP contribution in [0.1, 0.15) is 96.8 Å². The average molecular weight is 557 g/mol. The average Bonchev–Trinajstić information content (AvgIpc) is 2.84. The summed E-state index contributed by atoms with van der Waals surface area (Å²) in [5.74, 6) is -1.46. The standard InChI is InChI=1S/C25H48O11S/c1-2-3-4-5-6-7-8-9-10-11-12-13-14-15-21(27)34-16-19(26)17-35-25-24(30)23(29)22(28)20(36-25)18-37(31,32)33/h19-20,22-26,28-30H,2-18H2,1H3,(H,31,32,33)/t19?,20?,22?,23-,24?,25-/m0/s1. The van der Waals surface area contributed by atoms with Crippen molar-refractivity contribution in [1.29, 1.82) is 0 Å². The first-order valence-corrected chi connectivity index (χ1v) is 15.3. The SMILES string of the molecule is CCCCCCCCCCCCCCCC(=O)OCC(O)CO[C@H]1OC(CS(=O)(=O)O)C(O)[C@H](O)C1O. The molecule has 11 nitrogen and oxygen atoms in total. The lowest BCUT2D eigenvalue weighted by molar-refractivity contribution is -0.296. The van der Waals surface area contributed by atoms with Gasteiger partial charge in [0.2, 0.25) is 0 Å². The molecule has 0 aromatic heterocycles. The van der Waals surface area contributed by atoms with E-state index in [0.717, 1.165) is 19.3 Å². The molecule has 1 heterocycles. The number of aliphatic hydroxyl groups is 4. The third kappa shape index (κ3) is 16.0. The molecule has 5 N–H and O–H groups in total. The fraction of sp³-hybridized carbons (Fsp3) is 0.960. The fourth-order valence-electron chi connectivity index (χ4n) is 4.20. The highest BCUT2D eigenvalue weighted by Crippen LogP contribution is 2.23. The molecule has 0 bridgehead atoms. The van der Waals surface area contributed by atoms with Crippen LogP contribution in [0.2, 0.25) is 0 Å². The highest BCUT2D eigenvalue weighted by Gasteiger charge is 2.45. The minimum Gasteiger partial charge on any atom is -0.463 e. The summed E-state index contributed by atoms with van der Waals surface area (Å²) >= 11 is 0. The number of carbonyl (C=O) groups excluding carboxylic acids is 1. The molecular formula is C25H48O11S. The van der Waals surface area contributed by atoms with Crippen LogP contribution in [0.15, 0.2) is 0 Å². The maximum atomic E-state index is 11.9. The minimum atomic E-state index is -4.53. The molecule has 0 radical (unpaired) electrons. The molecule has 0 saturated carbocycles. The van der Waals surface area contributed by atoms with Crippen molar-refractivity contribution in [2.45, 2.75) is 134 Å². The second-order valence-electron chi connectivity index (χ2n) is 9.93. The number of esters is 1. The van der Waals surface area contributed by atoms with Crippen molar-refractivity contribution in [2.75, 3.05) is 19.0 Å². The number of carbonyl (C=O) groups is 1. The Morgan fingerprint density at radius 1 is 0.811 bits per heavy atom. The molecule has 12 heteroatoms. The van der Waals surface area contributed by atoms with Crippen LogP contribution in [-0.4, -0.2) is 95.1 Å². The number of ether oxygens (including phenoxy) is 3. The molecule has 0 aromatic rings. The molecule has 6 atom stereocenters. The van der Waals surface area contributed by atoms with Crippen LogP contribution < -0.4 is 0 Å². The smallest absolute Gasteiger partial charge is 0.305 e. The second kappa shape index (κ2) is 19.2. The summed E-state index contributed by atoms with van der Waals surface area (Å²) in [6.07, 6.45) is 6.23. The van der Waals surface area contributed by atoms with Gasteiger partial charge in [-0.2, -0.15) is 8.42 Å². The zero-order valence-corrected chi connectivity index (χ0v) is 22.9. The molecule has 1 fully saturated rings. The predicted molar refractivity (Wildman–Crippen MR) is 136 cm³/mol. The van der Waals surface area contributed by atoms with Gasteiger partial charge in [-0.1, -0.05) is 84.0 Å². The molecule has 1 saturated heterocycles. The second-order valence-corrected chi connectivity index (χ2v) is 11.4. The summed E-state index contributed by atoms with van der Waals surface area (Å²) in [5.41, 5.74) is 0. The Morgan fingerprint density at radius 2 is 1.32 bits per heavy atom. The van der Waals surface area contributed by atoms with Crippen molar-refractivity contribution in [2.24, 2.45) is 0 Å². The van der Waals surface area contributed by atoms with Crippen molar-refractivity contribution >= 4 is 16.1 Å². The summed E-state index contributed by atoms with van der Waals surface area (Å²) < 4.78 is 46.4. The van der Waals surface area contributed by atoms with Crippen LogP contribution in [0.25, 0.3) is 0 Å². The van der Waals surface area contributed by atoms with Gasteiger partial charge < -0.3 is 34.6 Å². The van der Waals surface area contributed by atoms with Crippen molar-refractivity contribution in [3.05, 3.63) is 0 Å². The normalized spacial score (nSPS) is 25.2.